The van der Waals surface area contributed by atoms with Crippen molar-refractivity contribution in [3.05, 3.63) is 0 Å². The maximum atomic E-state index is 6.17. The maximum Gasteiger partial charge on any atom is 0.0685 e. The van der Waals surface area contributed by atoms with Gasteiger partial charge in [0.15, 0.2) is 0 Å². The molecule has 2 rings (SSSR count). The average Bonchev–Trinajstić information content (AvgIpc) is 2.36. The van der Waals surface area contributed by atoms with Gasteiger partial charge < -0.3 is 4.74 Å². The summed E-state index contributed by atoms with van der Waals surface area (Å²) < 4.78 is 6.17. The standard InChI is InChI=1S/C15H30N2O/c1-12(2)10-14(17-16)13-6-9-18-15(11-13)7-4-3-5-8-15/h12-14,17H,3-11,16H2,1-2H3. The third-order valence-corrected chi connectivity index (χ3v) is 4.80. The highest BCUT2D eigenvalue weighted by Gasteiger charge is 2.40. The van der Waals surface area contributed by atoms with Crippen molar-refractivity contribution in [3.8, 4) is 0 Å². The van der Waals surface area contributed by atoms with Crippen LogP contribution in [0.3, 0.4) is 0 Å². The molecule has 1 heterocycles. The Balaban J connectivity index is 1.96. The highest BCUT2D eigenvalue weighted by molar-refractivity contribution is 4.92. The quantitative estimate of drug-likeness (QED) is 0.599. The summed E-state index contributed by atoms with van der Waals surface area (Å²) in [5.41, 5.74) is 3.27. The Hall–Kier alpha value is -0.120. The van der Waals surface area contributed by atoms with Gasteiger partial charge in [0.1, 0.15) is 0 Å². The largest absolute Gasteiger partial charge is 0.375 e. The third-order valence-electron chi connectivity index (χ3n) is 4.80. The van der Waals surface area contributed by atoms with Gasteiger partial charge in [0.25, 0.3) is 0 Å². The van der Waals surface area contributed by atoms with Crippen LogP contribution >= 0.6 is 0 Å². The highest BCUT2D eigenvalue weighted by atomic mass is 16.5. The monoisotopic (exact) mass is 254 g/mol. The molecule has 0 aromatic carbocycles. The van der Waals surface area contributed by atoms with Gasteiger partial charge >= 0.3 is 0 Å². The molecule has 1 spiro atoms. The van der Waals surface area contributed by atoms with Crippen LogP contribution in [0, 0.1) is 11.8 Å². The van der Waals surface area contributed by atoms with Crippen LogP contribution in [0.5, 0.6) is 0 Å². The van der Waals surface area contributed by atoms with Crippen LogP contribution < -0.4 is 11.3 Å². The SMILES string of the molecule is CC(C)CC(NN)C1CCOC2(CCCCC2)C1. The predicted molar refractivity (Wildman–Crippen MR) is 75.1 cm³/mol. The minimum Gasteiger partial charge on any atom is -0.375 e. The Bertz CT molecular complexity index is 243. The smallest absolute Gasteiger partial charge is 0.0685 e. The van der Waals surface area contributed by atoms with Crippen LogP contribution in [0.4, 0.5) is 0 Å². The average molecular weight is 254 g/mol. The van der Waals surface area contributed by atoms with Crippen molar-refractivity contribution < 1.29 is 4.74 Å². The summed E-state index contributed by atoms with van der Waals surface area (Å²) in [6.45, 7) is 5.49. The van der Waals surface area contributed by atoms with Gasteiger partial charge in [0.05, 0.1) is 5.60 Å². The van der Waals surface area contributed by atoms with E-state index in [1.807, 2.05) is 0 Å². The van der Waals surface area contributed by atoms with E-state index in [4.69, 9.17) is 10.6 Å². The van der Waals surface area contributed by atoms with E-state index in [1.165, 1.54) is 51.4 Å². The van der Waals surface area contributed by atoms with Gasteiger partial charge in [0.2, 0.25) is 0 Å². The first-order valence-electron chi connectivity index (χ1n) is 7.75. The first kappa shape index (κ1) is 14.3. The Morgan fingerprint density at radius 2 is 2.00 bits per heavy atom. The van der Waals surface area contributed by atoms with Gasteiger partial charge in [0, 0.05) is 12.6 Å². The fourth-order valence-electron chi connectivity index (χ4n) is 3.86. The first-order chi connectivity index (χ1) is 8.65. The van der Waals surface area contributed by atoms with E-state index >= 15 is 0 Å². The Morgan fingerprint density at radius 1 is 1.28 bits per heavy atom. The fourth-order valence-corrected chi connectivity index (χ4v) is 3.86. The maximum absolute atomic E-state index is 6.17. The fraction of sp³-hybridized carbons (Fsp3) is 1.00. The van der Waals surface area contributed by atoms with E-state index in [0.29, 0.717) is 17.9 Å². The second-order valence-corrected chi connectivity index (χ2v) is 6.75. The van der Waals surface area contributed by atoms with E-state index < -0.39 is 0 Å². The van der Waals surface area contributed by atoms with Gasteiger partial charge in [-0.1, -0.05) is 33.1 Å². The molecular weight excluding hydrogens is 224 g/mol. The van der Waals surface area contributed by atoms with Crippen LogP contribution in [0.25, 0.3) is 0 Å². The van der Waals surface area contributed by atoms with Crippen LogP contribution in [-0.4, -0.2) is 18.2 Å². The number of nitrogens with one attached hydrogen (secondary N) is 1. The molecule has 106 valence electrons. The van der Waals surface area contributed by atoms with E-state index in [0.717, 1.165) is 6.61 Å². The van der Waals surface area contributed by atoms with Crippen molar-refractivity contribution >= 4 is 0 Å². The number of hydrogen-bond donors (Lipinski definition) is 2. The lowest BCUT2D eigenvalue weighted by Gasteiger charge is -2.45. The molecule has 3 heteroatoms. The van der Waals surface area contributed by atoms with Crippen LogP contribution in [0.15, 0.2) is 0 Å². The molecule has 18 heavy (non-hydrogen) atoms. The molecule has 0 radical (unpaired) electrons. The van der Waals surface area contributed by atoms with Crippen LogP contribution in [-0.2, 0) is 4.74 Å². The summed E-state index contributed by atoms with van der Waals surface area (Å²) in [5.74, 6) is 7.18. The van der Waals surface area contributed by atoms with Gasteiger partial charge in [-0.2, -0.15) is 0 Å². The molecule has 1 aliphatic carbocycles. The number of hydrazine groups is 1. The zero-order chi connectivity index (χ0) is 13.0. The van der Waals surface area contributed by atoms with Crippen LogP contribution in [0.1, 0.15) is 65.2 Å². The summed E-state index contributed by atoms with van der Waals surface area (Å²) in [7, 11) is 0. The van der Waals surface area contributed by atoms with Gasteiger partial charge in [-0.3, -0.25) is 11.3 Å². The molecule has 0 amide bonds. The molecule has 2 unspecified atom stereocenters. The number of hydrogen-bond acceptors (Lipinski definition) is 3. The Labute approximate surface area is 112 Å². The molecule has 0 aromatic heterocycles. The lowest BCUT2D eigenvalue weighted by molar-refractivity contribution is -0.122. The van der Waals surface area contributed by atoms with Crippen molar-refractivity contribution in [2.45, 2.75) is 76.9 Å². The summed E-state index contributed by atoms with van der Waals surface area (Å²) in [4.78, 5) is 0. The molecule has 1 aliphatic heterocycles. The van der Waals surface area contributed by atoms with Gasteiger partial charge in [-0.15, -0.1) is 0 Å². The van der Waals surface area contributed by atoms with Crippen molar-refractivity contribution in [1.82, 2.24) is 5.43 Å². The molecular formula is C15H30N2O. The molecule has 0 bridgehead atoms. The molecule has 3 nitrogen and oxygen atoms in total. The number of ether oxygens (including phenoxy) is 1. The summed E-state index contributed by atoms with van der Waals surface area (Å²) in [5, 5.41) is 0. The van der Waals surface area contributed by atoms with E-state index in [2.05, 4.69) is 19.3 Å². The van der Waals surface area contributed by atoms with Crippen molar-refractivity contribution in [2.24, 2.45) is 17.7 Å². The van der Waals surface area contributed by atoms with Crippen molar-refractivity contribution in [1.29, 1.82) is 0 Å². The highest BCUT2D eigenvalue weighted by Crippen LogP contribution is 2.42. The Morgan fingerprint density at radius 3 is 2.61 bits per heavy atom. The van der Waals surface area contributed by atoms with Crippen LogP contribution in [0.2, 0.25) is 0 Å². The summed E-state index contributed by atoms with van der Waals surface area (Å²) in [6.07, 6.45) is 10.2. The second kappa shape index (κ2) is 6.36. The molecule has 1 saturated heterocycles. The molecule has 2 aliphatic rings. The first-order valence-corrected chi connectivity index (χ1v) is 7.75. The number of nitrogens with two attached hydrogens (primary N) is 1. The van der Waals surface area contributed by atoms with Gasteiger partial charge in [-0.05, 0) is 43.9 Å². The molecule has 2 atom stereocenters. The molecule has 2 fully saturated rings. The second-order valence-electron chi connectivity index (χ2n) is 6.75. The van der Waals surface area contributed by atoms with Gasteiger partial charge in [-0.25, -0.2) is 0 Å². The topological polar surface area (TPSA) is 47.3 Å². The van der Waals surface area contributed by atoms with Crippen molar-refractivity contribution in [2.75, 3.05) is 6.61 Å². The third kappa shape index (κ3) is 3.46. The van der Waals surface area contributed by atoms with E-state index in [9.17, 15) is 0 Å². The summed E-state index contributed by atoms with van der Waals surface area (Å²) >= 11 is 0. The van der Waals surface area contributed by atoms with Crippen molar-refractivity contribution in [3.63, 3.8) is 0 Å². The minimum absolute atomic E-state index is 0.202. The molecule has 1 saturated carbocycles. The van der Waals surface area contributed by atoms with E-state index in [-0.39, 0.29) is 5.60 Å². The summed E-state index contributed by atoms with van der Waals surface area (Å²) in [6, 6.07) is 0.465. The zero-order valence-corrected chi connectivity index (χ0v) is 12.1. The molecule has 0 aromatic rings. The zero-order valence-electron chi connectivity index (χ0n) is 12.1. The number of rotatable bonds is 4. The normalized spacial score (nSPS) is 29.7. The lowest BCUT2D eigenvalue weighted by Crippen LogP contribution is -2.49. The Kier molecular flexibility index (Phi) is 5.05. The predicted octanol–water partition coefficient (Wildman–Crippen LogP) is 2.99. The lowest BCUT2D eigenvalue weighted by atomic mass is 9.73. The molecule has 3 N–H and O–H groups in total. The minimum atomic E-state index is 0.202. The van der Waals surface area contributed by atoms with E-state index in [1.54, 1.807) is 0 Å².